The fourth-order valence-electron chi connectivity index (χ4n) is 8.35. The van der Waals surface area contributed by atoms with Gasteiger partial charge in [-0.15, -0.1) is 18.2 Å². The van der Waals surface area contributed by atoms with Crippen molar-refractivity contribution in [2.45, 2.75) is 87.4 Å². The molecular weight excluding hydrogens is 897 g/mol. The maximum atomic E-state index is 6.42. The molecule has 3 heterocycles. The second kappa shape index (κ2) is 17.3. The van der Waals surface area contributed by atoms with Crippen molar-refractivity contribution >= 4 is 39.6 Å². The van der Waals surface area contributed by atoms with Crippen molar-refractivity contribution in [2.24, 2.45) is 5.92 Å². The van der Waals surface area contributed by atoms with Crippen molar-refractivity contribution < 1.29 is 24.5 Å². The molecule has 2 fully saturated rings. The molecule has 3 aromatic heterocycles. The number of benzene rings is 4. The fraction of sp³-hybridized carbons (Fsp3) is 0.306. The number of hydrogen-bond donors (Lipinski definition) is 0. The molecule has 9 rings (SSSR count). The van der Waals surface area contributed by atoms with E-state index >= 15 is 0 Å². The first-order valence-electron chi connectivity index (χ1n) is 19.8. The molecule has 2 saturated carbocycles. The summed E-state index contributed by atoms with van der Waals surface area (Å²) in [5.74, 6) is 8.78. The van der Waals surface area contributed by atoms with Crippen LogP contribution in [0.4, 0.5) is 0 Å². The van der Waals surface area contributed by atoms with Gasteiger partial charge in [-0.1, -0.05) is 97.1 Å². The summed E-state index contributed by atoms with van der Waals surface area (Å²) in [6, 6.07) is 43.2. The van der Waals surface area contributed by atoms with Gasteiger partial charge in [-0.25, -0.2) is 0 Å². The van der Waals surface area contributed by atoms with E-state index < -0.39 is 13.3 Å². The first kappa shape index (κ1) is 38.4. The number of fused-ring (bicyclic) bond motifs is 3. The number of aromatic nitrogens is 2. The topological polar surface area (TPSA) is 38.9 Å². The van der Waals surface area contributed by atoms with Gasteiger partial charge in [0.05, 0.1) is 5.58 Å². The molecule has 0 spiro atoms. The van der Waals surface area contributed by atoms with Crippen molar-refractivity contribution in [3.05, 3.63) is 139 Å². The molecule has 7 aromatic rings. The van der Waals surface area contributed by atoms with Crippen LogP contribution in [-0.2, 0) is 26.5 Å². The Balaban J connectivity index is 0.000000178. The van der Waals surface area contributed by atoms with Gasteiger partial charge in [-0.2, -0.15) is 0 Å². The minimum atomic E-state index is -1.76. The van der Waals surface area contributed by atoms with Crippen LogP contribution in [0.25, 0.3) is 55.6 Å². The number of rotatable bonds is 7. The summed E-state index contributed by atoms with van der Waals surface area (Å²) in [5, 5.41) is 2.25. The van der Waals surface area contributed by atoms with E-state index in [1.165, 1.54) is 78.9 Å². The third kappa shape index (κ3) is 8.83. The molecule has 0 unspecified atom stereocenters. The van der Waals surface area contributed by atoms with E-state index in [4.69, 9.17) is 14.4 Å². The average molecular weight is 948 g/mol. The maximum Gasteiger partial charge on any atom is 0.121 e. The van der Waals surface area contributed by atoms with Gasteiger partial charge < -0.3 is 9.40 Å². The first-order chi connectivity index (χ1) is 25.9. The summed E-state index contributed by atoms with van der Waals surface area (Å²) >= 11 is -1.76. The van der Waals surface area contributed by atoms with Crippen LogP contribution in [0.2, 0.25) is 17.3 Å². The predicted molar refractivity (Wildman–Crippen MR) is 224 cm³/mol. The fourth-order valence-corrected chi connectivity index (χ4v) is 10.5. The molecule has 5 heteroatoms. The van der Waals surface area contributed by atoms with Crippen molar-refractivity contribution in [3.63, 3.8) is 0 Å². The number of nitrogens with zero attached hydrogens (tertiary/aromatic N) is 2. The van der Waals surface area contributed by atoms with Crippen LogP contribution >= 0.6 is 0 Å². The van der Waals surface area contributed by atoms with E-state index in [1.807, 2.05) is 18.3 Å². The summed E-state index contributed by atoms with van der Waals surface area (Å²) in [6.45, 7) is 0. The molecule has 1 radical (unpaired) electrons. The Morgan fingerprint density at radius 2 is 1.46 bits per heavy atom. The molecule has 0 atom stereocenters. The predicted octanol–water partition coefficient (Wildman–Crippen LogP) is 13.0. The third-order valence-electron chi connectivity index (χ3n) is 11.4. The standard InChI is InChI=1S/C30H26NO.C19H24GeN.Ir/c1-3-8-21(9-4-1)18-22-16-17-31-28(19-22)27-13-7-12-26-25-15-14-24(20-29(25)32-30(26)27)23-10-5-2-6-11-23;1-20(2,3)18-11-12-19(21-14-18)17-10-6-9-16(13-17)15-7-4-5-8-15;/h2,5-7,10-12,14-17,19-21H,1,3-4,8-9,18H2;6,9,11-15H,4-5,7-8H2,1-3H3;/q2*-1;. The van der Waals surface area contributed by atoms with E-state index in [9.17, 15) is 0 Å². The van der Waals surface area contributed by atoms with Crippen LogP contribution in [-0.4, -0.2) is 23.2 Å². The summed E-state index contributed by atoms with van der Waals surface area (Å²) in [5.41, 5.74) is 11.1. The Kier molecular flexibility index (Phi) is 12.3. The zero-order valence-electron chi connectivity index (χ0n) is 31.8. The Bertz CT molecular complexity index is 2300. The monoisotopic (exact) mass is 949 g/mol. The van der Waals surface area contributed by atoms with Gasteiger partial charge in [0.25, 0.3) is 0 Å². The zero-order chi connectivity index (χ0) is 36.2. The quantitative estimate of drug-likeness (QED) is 0.118. The van der Waals surface area contributed by atoms with E-state index in [2.05, 4.69) is 127 Å². The molecule has 54 heavy (non-hydrogen) atoms. The van der Waals surface area contributed by atoms with Gasteiger partial charge >= 0.3 is 131 Å². The van der Waals surface area contributed by atoms with Gasteiger partial charge in [-0.05, 0) is 41.3 Å². The molecule has 0 N–H and O–H groups in total. The van der Waals surface area contributed by atoms with Crippen LogP contribution in [0.1, 0.15) is 74.8 Å². The number of hydrogen-bond acceptors (Lipinski definition) is 3. The molecule has 0 aliphatic heterocycles. The molecule has 0 saturated heterocycles. The maximum absolute atomic E-state index is 6.42. The first-order valence-corrected chi connectivity index (χ1v) is 27.1. The number of furan rings is 1. The average Bonchev–Trinajstić information content (AvgIpc) is 3.88. The molecule has 4 aromatic carbocycles. The van der Waals surface area contributed by atoms with Gasteiger partial charge in [0.2, 0.25) is 0 Å². The molecule has 0 amide bonds. The Hall–Kier alpha value is -3.83. The second-order valence-corrected chi connectivity index (χ2v) is 26.9. The summed E-state index contributed by atoms with van der Waals surface area (Å²) in [6.07, 6.45) is 17.5. The van der Waals surface area contributed by atoms with E-state index in [0.29, 0.717) is 0 Å². The van der Waals surface area contributed by atoms with Crippen LogP contribution in [0.3, 0.4) is 0 Å². The van der Waals surface area contributed by atoms with Crippen molar-refractivity contribution in [1.29, 1.82) is 0 Å². The molecule has 3 nitrogen and oxygen atoms in total. The molecule has 0 bridgehead atoms. The Morgan fingerprint density at radius 3 is 2.22 bits per heavy atom. The molecule has 277 valence electrons. The minimum absolute atomic E-state index is 0. The zero-order valence-corrected chi connectivity index (χ0v) is 36.3. The second-order valence-electron chi connectivity index (χ2n) is 16.2. The van der Waals surface area contributed by atoms with Crippen LogP contribution < -0.4 is 4.40 Å². The van der Waals surface area contributed by atoms with Crippen LogP contribution in [0.15, 0.2) is 120 Å². The smallest absolute Gasteiger partial charge is 0.121 e. The van der Waals surface area contributed by atoms with E-state index in [1.54, 1.807) is 0 Å². The molecule has 2 aliphatic rings. The van der Waals surface area contributed by atoms with E-state index in [-0.39, 0.29) is 20.1 Å². The normalized spacial score (nSPS) is 15.2. The van der Waals surface area contributed by atoms with E-state index in [0.717, 1.165) is 68.3 Å². The van der Waals surface area contributed by atoms with Gasteiger partial charge in [0.1, 0.15) is 5.58 Å². The van der Waals surface area contributed by atoms with Crippen LogP contribution in [0, 0.1) is 18.1 Å². The van der Waals surface area contributed by atoms with Gasteiger partial charge in [0.15, 0.2) is 0 Å². The summed E-state index contributed by atoms with van der Waals surface area (Å²) < 4.78 is 7.88. The summed E-state index contributed by atoms with van der Waals surface area (Å²) in [4.78, 5) is 9.40. The van der Waals surface area contributed by atoms with Crippen LogP contribution in [0.5, 0.6) is 0 Å². The largest absolute Gasteiger partial charge is 0.501 e. The van der Waals surface area contributed by atoms with Gasteiger partial charge in [0, 0.05) is 31.7 Å². The SMILES string of the molecule is [CH3][Ge]([CH3])([CH3])[c]1ccc(-c2[c-]ccc(C3CCCC3)c2)nc1.[Ir].[c-]1ccc2c(oc3cc(-c4ccccc4)ccc32)c1-c1cc(CC2CCCCC2)ccn1. The Labute approximate surface area is 337 Å². The van der Waals surface area contributed by atoms with Crippen molar-refractivity contribution in [1.82, 2.24) is 9.97 Å². The Morgan fingerprint density at radius 1 is 0.685 bits per heavy atom. The molecule has 2 aliphatic carbocycles. The van der Waals surface area contributed by atoms with Gasteiger partial charge in [-0.3, -0.25) is 0 Å². The summed E-state index contributed by atoms with van der Waals surface area (Å²) in [7, 11) is 0. The van der Waals surface area contributed by atoms with Crippen molar-refractivity contribution in [3.8, 4) is 33.6 Å². The van der Waals surface area contributed by atoms with Crippen molar-refractivity contribution in [2.75, 3.05) is 0 Å². The third-order valence-corrected chi connectivity index (χ3v) is 15.7. The minimum Gasteiger partial charge on any atom is -0.501 e. The molecular formula is C49H50GeIrN2O-2. The number of pyridine rings is 2.